The quantitative estimate of drug-likeness (QED) is 0.0153. The van der Waals surface area contributed by atoms with Crippen molar-refractivity contribution in [2.75, 3.05) is 46.2 Å². The number of carboxylic acid groups (broad SMARTS) is 1. The zero-order chi connectivity index (χ0) is 81.9. The molecule has 0 spiro atoms. The number of carbonyl (C=O) groups is 4. The lowest BCUT2D eigenvalue weighted by Gasteiger charge is -2.54. The number of ether oxygens (including phenoxy) is 14. The van der Waals surface area contributed by atoms with Gasteiger partial charge in [0.05, 0.1) is 76.6 Å². The predicted octanol–water partition coefficient (Wildman–Crippen LogP) is -12.3. The first-order valence-corrected chi connectivity index (χ1v) is 37.5. The third-order valence-electron chi connectivity index (χ3n) is 20.7. The molecule has 0 unspecified atom stereocenters. The van der Waals surface area contributed by atoms with Crippen LogP contribution < -0.4 is 21.1 Å². The fraction of sp³-hybridized carbons (Fsp3) is 0.912. The molecular weight excluding hydrogens is 1500 g/mol. The standard InChI is InChI=1S/C68H117N3O40/c1-5-6-7-8-9-10-11-12-13-14-15-16-17-18-32(81)31(69-27-78)26-98-62-52(94)49(91)54(38(24-76)103-62)105-65-53(95)59(111-68(67(96)97)19-33(82)40(70-29(3)79)57(110-68)43(85)34(83)20-72)55(39(25-77)104-65)106-61-41(71-30(4)80)56(45(87)36(22-74)100-61)107-66-60(109-63-50(92)47(89)42(84)28(2)99-63)58(46(88)37(23-75)102-66)108-64-51(93)48(90)44(86)35(21-73)101-64/h17-18,27-28,31-66,72-77,81-95H,5-16,19-26H2,1-4H3,(H,69,78)(H,70,79)(H,71,80)(H,96,97)/p-1/b18-17+/t28-,31-,32+,33-,34+,35+,36+,37+,38+,39+,40+,41+,42+,43+,44-,45-,46-,47+,48-,49+,50-,51+,52+,53+,54+,55-,56+,57+,58-,59+,60+,61-,62+,63-,64+,65-,66-,68-/m0/s1. The topological polar surface area (TPSA) is 681 Å². The third kappa shape index (κ3) is 23.8. The second-order valence-electron chi connectivity index (χ2n) is 28.9. The van der Waals surface area contributed by atoms with Gasteiger partial charge in [-0.3, -0.25) is 14.4 Å². The van der Waals surface area contributed by atoms with Crippen molar-refractivity contribution in [3.05, 3.63) is 12.2 Å². The molecule has 43 nitrogen and oxygen atoms in total. The van der Waals surface area contributed by atoms with Gasteiger partial charge in [-0.15, -0.1) is 0 Å². The van der Waals surface area contributed by atoms with E-state index in [4.69, 9.17) is 66.3 Å². The number of aliphatic hydroxyl groups excluding tert-OH is 21. The Hall–Kier alpha value is -3.78. The Morgan fingerprint density at radius 1 is 0.495 bits per heavy atom. The molecule has 0 aromatic heterocycles. The summed E-state index contributed by atoms with van der Waals surface area (Å²) >= 11 is 0. The average Bonchev–Trinajstić information content (AvgIpc) is 0.749. The lowest BCUT2D eigenvalue weighted by molar-refractivity contribution is -0.422. The predicted molar refractivity (Wildman–Crippen MR) is 361 cm³/mol. The minimum Gasteiger partial charge on any atom is -0.544 e. The average molecular weight is 1620 g/mol. The van der Waals surface area contributed by atoms with Gasteiger partial charge in [-0.05, 0) is 19.8 Å². The number of carbonyl (C=O) groups excluding carboxylic acids is 4. The van der Waals surface area contributed by atoms with Gasteiger partial charge in [-0.25, -0.2) is 0 Å². The molecule has 7 aliphatic heterocycles. The van der Waals surface area contributed by atoms with Gasteiger partial charge in [0.15, 0.2) is 37.7 Å². The number of rotatable bonds is 42. The van der Waals surface area contributed by atoms with Crippen LogP contribution in [-0.4, -0.2) is 410 Å². The van der Waals surface area contributed by atoms with Gasteiger partial charge < -0.3 is 199 Å². The Morgan fingerprint density at radius 3 is 1.52 bits per heavy atom. The molecule has 111 heavy (non-hydrogen) atoms. The van der Waals surface area contributed by atoms with Crippen molar-refractivity contribution >= 4 is 24.2 Å². The molecule has 7 aliphatic rings. The molecular formula is C68H116N3O40-. The summed E-state index contributed by atoms with van der Waals surface area (Å²) in [5.41, 5.74) is 0. The fourth-order valence-corrected chi connectivity index (χ4v) is 14.4. The fourth-order valence-electron chi connectivity index (χ4n) is 14.4. The number of carboxylic acids is 1. The van der Waals surface area contributed by atoms with E-state index in [2.05, 4.69) is 22.9 Å². The van der Waals surface area contributed by atoms with Gasteiger partial charge in [0.25, 0.3) is 0 Å². The van der Waals surface area contributed by atoms with Crippen molar-refractivity contribution in [1.82, 2.24) is 16.0 Å². The first kappa shape index (κ1) is 94.4. The van der Waals surface area contributed by atoms with Crippen LogP contribution in [0.2, 0.25) is 0 Å². The van der Waals surface area contributed by atoms with Crippen LogP contribution in [0.5, 0.6) is 0 Å². The number of hydrogen-bond acceptors (Lipinski definition) is 40. The number of nitrogens with one attached hydrogen (secondary N) is 3. The molecule has 0 aromatic carbocycles. The Balaban J connectivity index is 1.22. The molecule has 644 valence electrons. The van der Waals surface area contributed by atoms with Gasteiger partial charge in [0.1, 0.15) is 165 Å². The highest BCUT2D eigenvalue weighted by atomic mass is 16.8. The largest absolute Gasteiger partial charge is 0.544 e. The summed E-state index contributed by atoms with van der Waals surface area (Å²) < 4.78 is 83.9. The number of amides is 3. The second kappa shape index (κ2) is 44.7. The lowest BCUT2D eigenvalue weighted by Crippen LogP contribution is -2.73. The molecule has 43 heteroatoms. The van der Waals surface area contributed by atoms with Crippen molar-refractivity contribution < 1.29 is 198 Å². The van der Waals surface area contributed by atoms with Crippen LogP contribution in [0.1, 0.15) is 111 Å². The molecule has 3 amide bonds. The number of aliphatic carboxylic acids is 1. The van der Waals surface area contributed by atoms with E-state index in [-0.39, 0.29) is 6.41 Å². The van der Waals surface area contributed by atoms with Crippen LogP contribution >= 0.6 is 0 Å². The first-order chi connectivity index (χ1) is 52.8. The van der Waals surface area contributed by atoms with Crippen molar-refractivity contribution in [3.8, 4) is 0 Å². The molecule has 38 atom stereocenters. The van der Waals surface area contributed by atoms with E-state index in [1.807, 2.05) is 0 Å². The van der Waals surface area contributed by atoms with Crippen LogP contribution in [0.25, 0.3) is 0 Å². The van der Waals surface area contributed by atoms with E-state index in [0.29, 0.717) is 6.42 Å². The molecule has 7 heterocycles. The molecule has 7 rings (SSSR count). The van der Waals surface area contributed by atoms with E-state index >= 15 is 0 Å². The lowest BCUT2D eigenvalue weighted by atomic mass is 9.88. The van der Waals surface area contributed by atoms with E-state index in [1.165, 1.54) is 51.5 Å². The maximum absolute atomic E-state index is 13.9. The Bertz CT molecular complexity index is 2800. The zero-order valence-corrected chi connectivity index (χ0v) is 61.9. The molecule has 0 aliphatic carbocycles. The SMILES string of the molecule is CCCCCCCCCCCCC/C=C/[C@@H](O)[C@H](CO[C@@H]1O[C@H](CO)[C@@H](O[C@@H]2O[C@H](CO)[C@H](O[C@@H]3O[C@H](CO)[C@H](O)[C@H](O[C@@H]4O[C@H](CO)[C@H](O)[C@H](O[C@H]5O[C@H](CO)[C@H](O)[C@H](O)[C@H]5O)[C@H]4O[C@@H]4O[C@@H](C)[C@@H](O)[C@@H](O)[C@@H]4O)[C@H]3NC(C)=O)[C@H](O[C@]3(C(=O)[O-])C[C@H](O)[C@@H](NC(C)=O)[C@H]([C@H](O)[C@H](O)CO)O3)[C@H]2O)[C@H](O)[C@H]1O)NC=O. The van der Waals surface area contributed by atoms with Crippen LogP contribution in [0.4, 0.5) is 0 Å². The number of unbranched alkanes of at least 4 members (excludes halogenated alkanes) is 11. The van der Waals surface area contributed by atoms with Crippen LogP contribution in [0.3, 0.4) is 0 Å². The monoisotopic (exact) mass is 1610 g/mol. The summed E-state index contributed by atoms with van der Waals surface area (Å²) in [6.07, 6.45) is -57.9. The zero-order valence-electron chi connectivity index (χ0n) is 61.9. The summed E-state index contributed by atoms with van der Waals surface area (Å²) in [5, 5.41) is 255. The van der Waals surface area contributed by atoms with Crippen molar-refractivity contribution in [2.45, 2.75) is 344 Å². The van der Waals surface area contributed by atoms with Crippen LogP contribution in [0, 0.1) is 0 Å². The molecule has 7 saturated heterocycles. The Morgan fingerprint density at radius 2 is 0.955 bits per heavy atom. The maximum atomic E-state index is 13.9. The summed E-state index contributed by atoms with van der Waals surface area (Å²) in [4.78, 5) is 51.7. The Labute approximate surface area is 638 Å². The number of allylic oxidation sites excluding steroid dienone is 1. The van der Waals surface area contributed by atoms with Gasteiger partial charge in [-0.1, -0.05) is 83.3 Å². The normalized spacial score (nSPS) is 42.2. The molecule has 7 fully saturated rings. The van der Waals surface area contributed by atoms with E-state index in [0.717, 1.165) is 46.0 Å². The van der Waals surface area contributed by atoms with E-state index in [1.54, 1.807) is 6.08 Å². The van der Waals surface area contributed by atoms with Gasteiger partial charge >= 0.3 is 0 Å². The first-order valence-electron chi connectivity index (χ1n) is 37.5. The second-order valence-corrected chi connectivity index (χ2v) is 28.9. The maximum Gasteiger partial charge on any atom is 0.217 e. The molecule has 0 saturated carbocycles. The van der Waals surface area contributed by atoms with Gasteiger partial charge in [0, 0.05) is 20.3 Å². The van der Waals surface area contributed by atoms with Gasteiger partial charge in [0.2, 0.25) is 24.0 Å². The molecule has 0 bridgehead atoms. The summed E-state index contributed by atoms with van der Waals surface area (Å²) in [7, 11) is 0. The van der Waals surface area contributed by atoms with E-state index < -0.39 is 303 Å². The number of hydrogen-bond donors (Lipinski definition) is 24. The number of aliphatic hydroxyl groups is 21. The van der Waals surface area contributed by atoms with Crippen LogP contribution in [0.15, 0.2) is 12.2 Å². The highest BCUT2D eigenvalue weighted by molar-refractivity contribution is 5.75. The summed E-state index contributed by atoms with van der Waals surface area (Å²) in [5.74, 6) is -8.08. The van der Waals surface area contributed by atoms with Gasteiger partial charge in [-0.2, -0.15) is 0 Å². The van der Waals surface area contributed by atoms with Crippen molar-refractivity contribution in [1.29, 1.82) is 0 Å². The van der Waals surface area contributed by atoms with E-state index in [9.17, 15) is 132 Å². The molecule has 0 radical (unpaired) electrons. The van der Waals surface area contributed by atoms with Crippen molar-refractivity contribution in [2.24, 2.45) is 0 Å². The van der Waals surface area contributed by atoms with Crippen LogP contribution in [-0.2, 0) is 85.5 Å². The summed E-state index contributed by atoms with van der Waals surface area (Å²) in [6, 6.07) is -5.21. The minimum atomic E-state index is -3.60. The third-order valence-corrected chi connectivity index (χ3v) is 20.7. The smallest absolute Gasteiger partial charge is 0.217 e. The highest BCUT2D eigenvalue weighted by Gasteiger charge is 2.62. The minimum absolute atomic E-state index is 0.275. The molecule has 0 aromatic rings. The highest BCUT2D eigenvalue weighted by Crippen LogP contribution is 2.42. The van der Waals surface area contributed by atoms with Crippen molar-refractivity contribution in [3.63, 3.8) is 0 Å². The Kier molecular flexibility index (Phi) is 38.0. The summed E-state index contributed by atoms with van der Waals surface area (Å²) in [6.45, 7) is -2.60. The molecule has 24 N–H and O–H groups in total.